The van der Waals surface area contributed by atoms with Gasteiger partial charge in [-0.3, -0.25) is 0 Å². The predicted octanol–water partition coefficient (Wildman–Crippen LogP) is 3.03. The first-order chi connectivity index (χ1) is 9.28. The minimum absolute atomic E-state index is 0.664. The number of rotatable bonds is 7. The second-order valence-electron chi connectivity index (χ2n) is 5.37. The molecule has 1 fully saturated rings. The molecule has 1 aliphatic rings. The molecule has 5 heteroatoms. The Morgan fingerprint density at radius 3 is 2.95 bits per heavy atom. The Morgan fingerprint density at radius 1 is 1.42 bits per heavy atom. The number of hydrogen-bond acceptors (Lipinski definition) is 5. The normalized spacial score (nSPS) is 18.6. The van der Waals surface area contributed by atoms with Gasteiger partial charge in [0.05, 0.1) is 5.75 Å². The van der Waals surface area contributed by atoms with Crippen LogP contribution in [0.5, 0.6) is 0 Å². The Labute approximate surface area is 120 Å². The van der Waals surface area contributed by atoms with Crippen molar-refractivity contribution in [2.24, 2.45) is 5.92 Å². The van der Waals surface area contributed by atoms with Gasteiger partial charge in [-0.05, 0) is 44.7 Å². The molecule has 0 saturated carbocycles. The van der Waals surface area contributed by atoms with E-state index in [2.05, 4.69) is 29.3 Å². The fourth-order valence-electron chi connectivity index (χ4n) is 2.28. The summed E-state index contributed by atoms with van der Waals surface area (Å²) in [5.41, 5.74) is 0. The zero-order valence-corrected chi connectivity index (χ0v) is 12.8. The molecular formula is C14H25N3OS. The number of aryl methyl sites for hydroxylation is 1. The lowest BCUT2D eigenvalue weighted by atomic mass is 9.93. The van der Waals surface area contributed by atoms with Gasteiger partial charge in [0.1, 0.15) is 0 Å². The van der Waals surface area contributed by atoms with Crippen LogP contribution in [0.1, 0.15) is 51.2 Å². The van der Waals surface area contributed by atoms with Crippen LogP contribution in [-0.2, 0) is 12.2 Å². The second kappa shape index (κ2) is 7.90. The van der Waals surface area contributed by atoms with Gasteiger partial charge in [-0.15, -0.1) is 0 Å². The minimum Gasteiger partial charge on any atom is -0.339 e. The molecule has 0 aliphatic carbocycles. The third-order valence-corrected chi connectivity index (χ3v) is 5.13. The van der Waals surface area contributed by atoms with Gasteiger partial charge >= 0.3 is 0 Å². The van der Waals surface area contributed by atoms with Crippen LogP contribution in [0, 0.1) is 5.92 Å². The summed E-state index contributed by atoms with van der Waals surface area (Å²) < 4.78 is 5.33. The Morgan fingerprint density at radius 2 is 2.21 bits per heavy atom. The van der Waals surface area contributed by atoms with E-state index >= 15 is 0 Å². The lowest BCUT2D eigenvalue weighted by molar-refractivity contribution is 0.323. The minimum atomic E-state index is 0.664. The van der Waals surface area contributed by atoms with Crippen LogP contribution in [0.15, 0.2) is 4.52 Å². The topological polar surface area (TPSA) is 51.0 Å². The van der Waals surface area contributed by atoms with Crippen LogP contribution in [0.3, 0.4) is 0 Å². The maximum absolute atomic E-state index is 5.33. The second-order valence-corrected chi connectivity index (χ2v) is 6.79. The molecule has 1 N–H and O–H groups in total. The van der Waals surface area contributed by atoms with Gasteiger partial charge in [-0.2, -0.15) is 16.7 Å². The maximum Gasteiger partial charge on any atom is 0.226 e. The molecule has 0 amide bonds. The van der Waals surface area contributed by atoms with E-state index < -0.39 is 0 Å². The van der Waals surface area contributed by atoms with E-state index in [1.807, 2.05) is 11.8 Å². The van der Waals surface area contributed by atoms with Crippen LogP contribution in [0.25, 0.3) is 0 Å². The number of nitrogens with one attached hydrogen (secondary N) is 1. The first-order valence-corrected chi connectivity index (χ1v) is 8.46. The fourth-order valence-corrected chi connectivity index (χ4v) is 3.07. The zero-order valence-electron chi connectivity index (χ0n) is 12.0. The highest BCUT2D eigenvalue weighted by Crippen LogP contribution is 2.20. The van der Waals surface area contributed by atoms with E-state index in [9.17, 15) is 0 Å². The molecule has 1 aromatic rings. The van der Waals surface area contributed by atoms with E-state index in [1.54, 1.807) is 0 Å². The summed E-state index contributed by atoms with van der Waals surface area (Å²) in [5, 5.41) is 8.13. The zero-order chi connectivity index (χ0) is 13.5. The Kier molecular flexibility index (Phi) is 6.17. The van der Waals surface area contributed by atoms with Crippen molar-refractivity contribution in [3.8, 4) is 0 Å². The van der Waals surface area contributed by atoms with Crippen molar-refractivity contribution >= 4 is 11.8 Å². The Bertz CT molecular complexity index is 363. The smallest absolute Gasteiger partial charge is 0.226 e. The Balaban J connectivity index is 1.70. The molecule has 1 aromatic heterocycles. The first kappa shape index (κ1) is 14.9. The summed E-state index contributed by atoms with van der Waals surface area (Å²) >= 11 is 1.90. The molecular weight excluding hydrogens is 258 g/mol. The third-order valence-electron chi connectivity index (χ3n) is 3.81. The van der Waals surface area contributed by atoms with E-state index in [1.165, 1.54) is 25.7 Å². The highest BCUT2D eigenvalue weighted by Gasteiger charge is 2.15. The lowest BCUT2D eigenvalue weighted by Crippen LogP contribution is -2.27. The van der Waals surface area contributed by atoms with E-state index in [-0.39, 0.29) is 0 Å². The lowest BCUT2D eigenvalue weighted by Gasteiger charge is -2.21. The van der Waals surface area contributed by atoms with Crippen LogP contribution < -0.4 is 5.32 Å². The van der Waals surface area contributed by atoms with Crippen molar-refractivity contribution in [3.05, 3.63) is 11.7 Å². The van der Waals surface area contributed by atoms with Crippen molar-refractivity contribution in [1.82, 2.24) is 15.5 Å². The van der Waals surface area contributed by atoms with Gasteiger partial charge in [-0.25, -0.2) is 0 Å². The molecule has 108 valence electrons. The largest absolute Gasteiger partial charge is 0.339 e. The number of thioether (sulfide) groups is 1. The van der Waals surface area contributed by atoms with Gasteiger partial charge in [0.2, 0.25) is 5.89 Å². The van der Waals surface area contributed by atoms with Crippen LogP contribution in [0.2, 0.25) is 0 Å². The summed E-state index contributed by atoms with van der Waals surface area (Å²) in [6, 6.07) is 0. The van der Waals surface area contributed by atoms with Gasteiger partial charge < -0.3 is 9.84 Å². The number of nitrogens with zero attached hydrogens (tertiary/aromatic N) is 2. The van der Waals surface area contributed by atoms with Crippen LogP contribution in [0.4, 0.5) is 0 Å². The molecule has 0 aromatic carbocycles. The third kappa shape index (κ3) is 5.15. The average Bonchev–Trinajstić information content (AvgIpc) is 2.91. The maximum atomic E-state index is 5.33. The number of hydrogen-bond donors (Lipinski definition) is 1. The number of aromatic nitrogens is 2. The van der Waals surface area contributed by atoms with Gasteiger partial charge in [0.15, 0.2) is 5.82 Å². The van der Waals surface area contributed by atoms with E-state index in [4.69, 9.17) is 4.52 Å². The van der Waals surface area contributed by atoms with Crippen molar-refractivity contribution in [1.29, 1.82) is 0 Å². The molecule has 1 saturated heterocycles. The quantitative estimate of drug-likeness (QED) is 0.833. The summed E-state index contributed by atoms with van der Waals surface area (Å²) in [7, 11) is 0. The molecule has 1 atom stereocenters. The molecule has 2 heterocycles. The van der Waals surface area contributed by atoms with Crippen molar-refractivity contribution in [2.75, 3.05) is 13.1 Å². The van der Waals surface area contributed by atoms with Crippen LogP contribution in [-0.4, -0.2) is 28.5 Å². The molecule has 4 nitrogen and oxygen atoms in total. The van der Waals surface area contributed by atoms with Crippen LogP contribution >= 0.6 is 11.8 Å². The van der Waals surface area contributed by atoms with Gasteiger partial charge in [0.25, 0.3) is 0 Å². The van der Waals surface area contributed by atoms with E-state index in [0.29, 0.717) is 5.25 Å². The SMILES string of the molecule is CCC(C)SCc1noc(CCC2CCNCC2)n1. The summed E-state index contributed by atoms with van der Waals surface area (Å²) in [4.78, 5) is 4.49. The Hall–Kier alpha value is -0.550. The van der Waals surface area contributed by atoms with E-state index in [0.717, 1.165) is 42.9 Å². The predicted molar refractivity (Wildman–Crippen MR) is 79.3 cm³/mol. The highest BCUT2D eigenvalue weighted by atomic mass is 32.2. The molecule has 0 bridgehead atoms. The fraction of sp³-hybridized carbons (Fsp3) is 0.857. The molecule has 0 spiro atoms. The van der Waals surface area contributed by atoms with Crippen molar-refractivity contribution in [3.63, 3.8) is 0 Å². The number of piperidine rings is 1. The standard InChI is InChI=1S/C14H25N3OS/c1-3-11(2)19-10-13-16-14(18-17-13)5-4-12-6-8-15-9-7-12/h11-12,15H,3-10H2,1-2H3. The highest BCUT2D eigenvalue weighted by molar-refractivity contribution is 7.99. The van der Waals surface area contributed by atoms with Gasteiger partial charge in [0, 0.05) is 11.7 Å². The monoisotopic (exact) mass is 283 g/mol. The van der Waals surface area contributed by atoms with Crippen molar-refractivity contribution in [2.45, 2.75) is 57.0 Å². The molecule has 1 unspecified atom stereocenters. The van der Waals surface area contributed by atoms with Gasteiger partial charge in [-0.1, -0.05) is 19.0 Å². The summed E-state index contributed by atoms with van der Waals surface area (Å²) in [5.74, 6) is 3.36. The summed E-state index contributed by atoms with van der Waals surface area (Å²) in [6.07, 6.45) is 5.87. The first-order valence-electron chi connectivity index (χ1n) is 7.41. The average molecular weight is 283 g/mol. The summed E-state index contributed by atoms with van der Waals surface area (Å²) in [6.45, 7) is 6.76. The molecule has 1 aliphatic heterocycles. The molecule has 2 rings (SSSR count). The molecule has 0 radical (unpaired) electrons. The molecule has 19 heavy (non-hydrogen) atoms. The van der Waals surface area contributed by atoms with Crippen molar-refractivity contribution < 1.29 is 4.52 Å².